The molecule has 2 aromatic carbocycles. The van der Waals surface area contributed by atoms with Gasteiger partial charge in [-0.3, -0.25) is 4.79 Å². The predicted octanol–water partition coefficient (Wildman–Crippen LogP) is 3.28. The Morgan fingerprint density at radius 1 is 1.10 bits per heavy atom. The van der Waals surface area contributed by atoms with Gasteiger partial charge in [-0.15, -0.1) is 10.2 Å². The third-order valence-corrected chi connectivity index (χ3v) is 5.14. The number of thioether (sulfide) groups is 1. The fourth-order valence-electron chi connectivity index (χ4n) is 2.50. The second-order valence-corrected chi connectivity index (χ2v) is 7.05. The van der Waals surface area contributed by atoms with Gasteiger partial charge in [-0.25, -0.2) is 4.39 Å². The zero-order valence-electron chi connectivity index (χ0n) is 16.7. The van der Waals surface area contributed by atoms with Gasteiger partial charge in [-0.1, -0.05) is 11.8 Å². The molecule has 0 spiro atoms. The van der Waals surface area contributed by atoms with Crippen LogP contribution in [0, 0.1) is 5.82 Å². The number of anilines is 1. The lowest BCUT2D eigenvalue weighted by molar-refractivity contribution is -0.113. The summed E-state index contributed by atoms with van der Waals surface area (Å²) in [5.74, 6) is 1.83. The Morgan fingerprint density at radius 3 is 2.53 bits per heavy atom. The van der Waals surface area contributed by atoms with E-state index in [-0.39, 0.29) is 24.1 Å². The number of rotatable bonds is 9. The first-order valence-corrected chi connectivity index (χ1v) is 9.90. The van der Waals surface area contributed by atoms with E-state index in [1.54, 1.807) is 49.1 Å². The van der Waals surface area contributed by atoms with Crippen LogP contribution in [0.4, 0.5) is 10.1 Å². The van der Waals surface area contributed by atoms with Gasteiger partial charge in [0.1, 0.15) is 29.7 Å². The maximum absolute atomic E-state index is 13.0. The number of nitrogens with zero attached hydrogens (tertiary/aromatic N) is 3. The molecule has 158 valence electrons. The number of methoxy groups -OCH3 is 2. The molecule has 8 nitrogen and oxygen atoms in total. The average molecular weight is 432 g/mol. The van der Waals surface area contributed by atoms with E-state index in [0.29, 0.717) is 33.9 Å². The molecule has 0 radical (unpaired) electrons. The molecule has 1 aromatic heterocycles. The SMILES string of the molecule is COc1ccc(OC)c(NC(=O)CSc2nnc(COc3ccc(F)cc3)n2C)c1. The third-order valence-electron chi connectivity index (χ3n) is 4.12. The predicted molar refractivity (Wildman–Crippen MR) is 111 cm³/mol. The smallest absolute Gasteiger partial charge is 0.234 e. The van der Waals surface area contributed by atoms with Crippen molar-refractivity contribution < 1.29 is 23.4 Å². The molecule has 0 bridgehead atoms. The van der Waals surface area contributed by atoms with Crippen LogP contribution in [0.1, 0.15) is 5.82 Å². The van der Waals surface area contributed by atoms with Gasteiger partial charge in [0.25, 0.3) is 0 Å². The van der Waals surface area contributed by atoms with E-state index in [1.807, 2.05) is 0 Å². The van der Waals surface area contributed by atoms with Crippen molar-refractivity contribution >= 4 is 23.4 Å². The molecule has 0 aliphatic rings. The number of carbonyl (C=O) groups is 1. The van der Waals surface area contributed by atoms with Gasteiger partial charge in [0.05, 0.1) is 25.7 Å². The number of carbonyl (C=O) groups excluding carboxylic acids is 1. The van der Waals surface area contributed by atoms with Gasteiger partial charge in [0.2, 0.25) is 5.91 Å². The standard InChI is InChI=1S/C20H21FN4O4S/c1-25-18(11-29-14-6-4-13(21)5-7-14)23-24-20(25)30-12-19(26)22-16-10-15(27-2)8-9-17(16)28-3/h4-10H,11-12H2,1-3H3,(H,22,26). The van der Waals surface area contributed by atoms with Gasteiger partial charge >= 0.3 is 0 Å². The number of hydrogen-bond acceptors (Lipinski definition) is 7. The van der Waals surface area contributed by atoms with Crippen LogP contribution in [0.3, 0.4) is 0 Å². The van der Waals surface area contributed by atoms with E-state index in [4.69, 9.17) is 14.2 Å². The minimum Gasteiger partial charge on any atom is -0.497 e. The van der Waals surface area contributed by atoms with Crippen molar-refractivity contribution in [3.05, 3.63) is 54.1 Å². The molecule has 3 aromatic rings. The number of aromatic nitrogens is 3. The van der Waals surface area contributed by atoms with Crippen LogP contribution in [0.15, 0.2) is 47.6 Å². The molecule has 1 amide bonds. The van der Waals surface area contributed by atoms with E-state index in [1.165, 1.54) is 31.0 Å². The summed E-state index contributed by atoms with van der Waals surface area (Å²) in [5, 5.41) is 11.6. The highest BCUT2D eigenvalue weighted by Gasteiger charge is 2.14. The number of benzene rings is 2. The largest absolute Gasteiger partial charge is 0.497 e. The molecule has 0 fully saturated rings. The van der Waals surface area contributed by atoms with Crippen molar-refractivity contribution in [2.75, 3.05) is 25.3 Å². The van der Waals surface area contributed by atoms with E-state index in [0.717, 1.165) is 0 Å². The zero-order valence-corrected chi connectivity index (χ0v) is 17.5. The maximum atomic E-state index is 13.0. The van der Waals surface area contributed by atoms with Crippen molar-refractivity contribution in [1.82, 2.24) is 14.8 Å². The summed E-state index contributed by atoms with van der Waals surface area (Å²) in [6.07, 6.45) is 0. The number of nitrogens with one attached hydrogen (secondary N) is 1. The second kappa shape index (κ2) is 9.97. The molecular formula is C20H21FN4O4S. The Bertz CT molecular complexity index is 1010. The molecule has 10 heteroatoms. The monoisotopic (exact) mass is 432 g/mol. The molecular weight excluding hydrogens is 411 g/mol. The Hall–Kier alpha value is -3.27. The quantitative estimate of drug-likeness (QED) is 0.519. The van der Waals surface area contributed by atoms with Crippen molar-refractivity contribution in [3.8, 4) is 17.2 Å². The van der Waals surface area contributed by atoms with Crippen LogP contribution in [0.5, 0.6) is 17.2 Å². The van der Waals surface area contributed by atoms with Gasteiger partial charge < -0.3 is 24.1 Å². The summed E-state index contributed by atoms with van der Waals surface area (Å²) in [7, 11) is 4.87. The number of ether oxygens (including phenoxy) is 3. The van der Waals surface area contributed by atoms with Crippen molar-refractivity contribution in [2.45, 2.75) is 11.8 Å². The Kier molecular flexibility index (Phi) is 7.12. The third kappa shape index (κ3) is 5.41. The average Bonchev–Trinajstić information content (AvgIpc) is 3.11. The topological polar surface area (TPSA) is 87.5 Å². The van der Waals surface area contributed by atoms with Crippen LogP contribution in [0.2, 0.25) is 0 Å². The van der Waals surface area contributed by atoms with E-state index >= 15 is 0 Å². The summed E-state index contributed by atoms with van der Waals surface area (Å²) in [5.41, 5.74) is 0.522. The Labute approximate surface area is 177 Å². The Morgan fingerprint density at radius 2 is 1.83 bits per heavy atom. The molecule has 30 heavy (non-hydrogen) atoms. The summed E-state index contributed by atoms with van der Waals surface area (Å²) in [6.45, 7) is 0.170. The highest BCUT2D eigenvalue weighted by molar-refractivity contribution is 7.99. The summed E-state index contributed by atoms with van der Waals surface area (Å²) in [4.78, 5) is 12.4. The number of hydrogen-bond donors (Lipinski definition) is 1. The lowest BCUT2D eigenvalue weighted by Crippen LogP contribution is -2.15. The lowest BCUT2D eigenvalue weighted by atomic mass is 10.2. The van der Waals surface area contributed by atoms with Crippen LogP contribution in [-0.2, 0) is 18.4 Å². The lowest BCUT2D eigenvalue weighted by Gasteiger charge is -2.11. The first-order valence-electron chi connectivity index (χ1n) is 8.91. The van der Waals surface area contributed by atoms with E-state index < -0.39 is 0 Å². The number of amides is 1. The minimum atomic E-state index is -0.329. The first kappa shape index (κ1) is 21.4. The second-order valence-electron chi connectivity index (χ2n) is 6.10. The summed E-state index contributed by atoms with van der Waals surface area (Å²) < 4.78 is 30.7. The number of halogens is 1. The molecule has 0 aliphatic carbocycles. The van der Waals surface area contributed by atoms with Crippen molar-refractivity contribution in [1.29, 1.82) is 0 Å². The molecule has 0 unspecified atom stereocenters. The van der Waals surface area contributed by atoms with Crippen LogP contribution >= 0.6 is 11.8 Å². The van der Waals surface area contributed by atoms with Crippen molar-refractivity contribution in [2.24, 2.45) is 7.05 Å². The van der Waals surface area contributed by atoms with Gasteiger partial charge in [0.15, 0.2) is 11.0 Å². The highest BCUT2D eigenvalue weighted by atomic mass is 32.2. The van der Waals surface area contributed by atoms with Gasteiger partial charge in [-0.05, 0) is 36.4 Å². The van der Waals surface area contributed by atoms with E-state index in [2.05, 4.69) is 15.5 Å². The van der Waals surface area contributed by atoms with Crippen LogP contribution < -0.4 is 19.5 Å². The summed E-state index contributed by atoms with van der Waals surface area (Å²) in [6, 6.07) is 10.9. The minimum absolute atomic E-state index is 0.130. The molecule has 0 saturated heterocycles. The molecule has 0 aliphatic heterocycles. The fraction of sp³-hybridized carbons (Fsp3) is 0.250. The molecule has 3 rings (SSSR count). The van der Waals surface area contributed by atoms with Crippen LogP contribution in [-0.4, -0.2) is 40.6 Å². The molecule has 1 heterocycles. The van der Waals surface area contributed by atoms with Crippen molar-refractivity contribution in [3.63, 3.8) is 0 Å². The molecule has 0 atom stereocenters. The molecule has 0 saturated carbocycles. The molecule has 1 N–H and O–H groups in total. The normalized spacial score (nSPS) is 10.5. The van der Waals surface area contributed by atoms with Gasteiger partial charge in [-0.2, -0.15) is 0 Å². The van der Waals surface area contributed by atoms with E-state index in [9.17, 15) is 9.18 Å². The van der Waals surface area contributed by atoms with Crippen LogP contribution in [0.25, 0.3) is 0 Å². The maximum Gasteiger partial charge on any atom is 0.234 e. The summed E-state index contributed by atoms with van der Waals surface area (Å²) >= 11 is 1.24. The first-order chi connectivity index (χ1) is 14.5. The fourth-order valence-corrected chi connectivity index (χ4v) is 3.23. The highest BCUT2D eigenvalue weighted by Crippen LogP contribution is 2.29. The zero-order chi connectivity index (χ0) is 21.5. The van der Waals surface area contributed by atoms with Gasteiger partial charge in [0, 0.05) is 13.1 Å². The Balaban J connectivity index is 1.56.